The Balaban J connectivity index is 2.59. The van der Waals surface area contributed by atoms with Gasteiger partial charge in [0.2, 0.25) is 5.91 Å². The van der Waals surface area contributed by atoms with Gasteiger partial charge in [-0.1, -0.05) is 0 Å². The molecule has 2 atom stereocenters. The SMILES string of the molecule is CC(C)N(CCCO)C(=O)C1COCC1N. The van der Waals surface area contributed by atoms with Crippen molar-refractivity contribution in [2.75, 3.05) is 26.4 Å². The summed E-state index contributed by atoms with van der Waals surface area (Å²) >= 11 is 0. The summed E-state index contributed by atoms with van der Waals surface area (Å²) in [6.07, 6.45) is 0.604. The monoisotopic (exact) mass is 230 g/mol. The predicted molar refractivity (Wildman–Crippen MR) is 60.8 cm³/mol. The van der Waals surface area contributed by atoms with Crippen LogP contribution in [-0.4, -0.2) is 54.4 Å². The number of carbonyl (C=O) groups is 1. The lowest BCUT2D eigenvalue weighted by Gasteiger charge is -2.29. The van der Waals surface area contributed by atoms with Crippen molar-refractivity contribution in [1.82, 2.24) is 4.90 Å². The van der Waals surface area contributed by atoms with Crippen molar-refractivity contribution in [3.05, 3.63) is 0 Å². The molecule has 1 saturated heterocycles. The number of hydrogen-bond acceptors (Lipinski definition) is 4. The second kappa shape index (κ2) is 6.18. The van der Waals surface area contributed by atoms with E-state index in [-0.39, 0.29) is 30.5 Å². The second-order valence-corrected chi connectivity index (χ2v) is 4.51. The van der Waals surface area contributed by atoms with Crippen LogP contribution >= 0.6 is 0 Å². The third-order valence-electron chi connectivity index (χ3n) is 2.91. The van der Waals surface area contributed by atoms with E-state index in [0.29, 0.717) is 26.2 Å². The highest BCUT2D eigenvalue weighted by molar-refractivity contribution is 5.80. The third-order valence-corrected chi connectivity index (χ3v) is 2.91. The summed E-state index contributed by atoms with van der Waals surface area (Å²) in [7, 11) is 0. The first-order valence-electron chi connectivity index (χ1n) is 5.82. The Kier molecular flexibility index (Phi) is 5.18. The van der Waals surface area contributed by atoms with E-state index in [1.54, 1.807) is 4.90 Å². The minimum Gasteiger partial charge on any atom is -0.396 e. The number of aliphatic hydroxyl groups excluding tert-OH is 1. The Morgan fingerprint density at radius 1 is 1.56 bits per heavy atom. The summed E-state index contributed by atoms with van der Waals surface area (Å²) in [5.41, 5.74) is 5.82. The molecule has 2 unspecified atom stereocenters. The topological polar surface area (TPSA) is 75.8 Å². The van der Waals surface area contributed by atoms with Crippen molar-refractivity contribution < 1.29 is 14.6 Å². The largest absolute Gasteiger partial charge is 0.396 e. The Hall–Kier alpha value is -0.650. The summed E-state index contributed by atoms with van der Waals surface area (Å²) in [6, 6.07) is -0.0604. The number of amides is 1. The van der Waals surface area contributed by atoms with Crippen LogP contribution in [0, 0.1) is 5.92 Å². The number of hydrogen-bond donors (Lipinski definition) is 2. The highest BCUT2D eigenvalue weighted by Gasteiger charge is 2.34. The van der Waals surface area contributed by atoms with Gasteiger partial charge in [0.15, 0.2) is 0 Å². The predicted octanol–water partition coefficient (Wildman–Crippen LogP) is -0.420. The van der Waals surface area contributed by atoms with E-state index in [1.165, 1.54) is 0 Å². The maximum atomic E-state index is 12.2. The van der Waals surface area contributed by atoms with Crippen LogP contribution < -0.4 is 5.73 Å². The number of nitrogens with two attached hydrogens (primary N) is 1. The van der Waals surface area contributed by atoms with Crippen molar-refractivity contribution in [3.63, 3.8) is 0 Å². The Morgan fingerprint density at radius 2 is 2.25 bits per heavy atom. The van der Waals surface area contributed by atoms with Gasteiger partial charge in [0.1, 0.15) is 0 Å². The molecule has 0 saturated carbocycles. The van der Waals surface area contributed by atoms with Crippen LogP contribution in [0.5, 0.6) is 0 Å². The van der Waals surface area contributed by atoms with Crippen LogP contribution in [0.1, 0.15) is 20.3 Å². The maximum absolute atomic E-state index is 12.2. The van der Waals surface area contributed by atoms with Gasteiger partial charge in [-0.15, -0.1) is 0 Å². The average Bonchev–Trinajstić information content (AvgIpc) is 2.64. The number of carbonyl (C=O) groups excluding carboxylic acids is 1. The van der Waals surface area contributed by atoms with Crippen LogP contribution in [0.25, 0.3) is 0 Å². The molecule has 0 aromatic rings. The lowest BCUT2D eigenvalue weighted by atomic mass is 10.0. The molecule has 0 aromatic heterocycles. The molecule has 0 aliphatic carbocycles. The van der Waals surface area contributed by atoms with Gasteiger partial charge in [-0.3, -0.25) is 4.79 Å². The molecular weight excluding hydrogens is 208 g/mol. The Morgan fingerprint density at radius 3 is 2.69 bits per heavy atom. The third kappa shape index (κ3) is 3.17. The summed E-state index contributed by atoms with van der Waals surface area (Å²) < 4.78 is 5.20. The first-order chi connectivity index (χ1) is 7.57. The molecule has 1 amide bonds. The molecule has 5 nitrogen and oxygen atoms in total. The van der Waals surface area contributed by atoms with Crippen LogP contribution in [0.15, 0.2) is 0 Å². The molecule has 1 heterocycles. The summed E-state index contributed by atoms with van der Waals surface area (Å²) in [5, 5.41) is 8.81. The Labute approximate surface area is 96.6 Å². The zero-order chi connectivity index (χ0) is 12.1. The molecule has 0 bridgehead atoms. The molecule has 0 radical (unpaired) electrons. The number of aliphatic hydroxyl groups is 1. The van der Waals surface area contributed by atoms with Gasteiger partial charge in [0.25, 0.3) is 0 Å². The van der Waals surface area contributed by atoms with Crippen LogP contribution in [-0.2, 0) is 9.53 Å². The molecule has 16 heavy (non-hydrogen) atoms. The maximum Gasteiger partial charge on any atom is 0.229 e. The van der Waals surface area contributed by atoms with E-state index in [9.17, 15) is 4.79 Å². The zero-order valence-corrected chi connectivity index (χ0v) is 10.1. The smallest absolute Gasteiger partial charge is 0.229 e. The Bertz CT molecular complexity index is 233. The number of ether oxygens (including phenoxy) is 1. The molecule has 0 spiro atoms. The molecule has 0 aromatic carbocycles. The van der Waals surface area contributed by atoms with E-state index in [1.807, 2.05) is 13.8 Å². The quantitative estimate of drug-likeness (QED) is 0.672. The fourth-order valence-electron chi connectivity index (χ4n) is 1.90. The van der Waals surface area contributed by atoms with E-state index >= 15 is 0 Å². The minimum atomic E-state index is -0.221. The van der Waals surface area contributed by atoms with Gasteiger partial charge in [-0.25, -0.2) is 0 Å². The highest BCUT2D eigenvalue weighted by Crippen LogP contribution is 2.16. The summed E-state index contributed by atoms with van der Waals surface area (Å²) in [4.78, 5) is 14.0. The van der Waals surface area contributed by atoms with Gasteiger partial charge in [0, 0.05) is 25.2 Å². The second-order valence-electron chi connectivity index (χ2n) is 4.51. The molecular formula is C11H22N2O3. The normalized spacial score (nSPS) is 25.1. The minimum absolute atomic E-state index is 0.0495. The first kappa shape index (κ1) is 13.4. The van der Waals surface area contributed by atoms with Gasteiger partial charge < -0.3 is 20.5 Å². The lowest BCUT2D eigenvalue weighted by Crippen LogP contribution is -2.47. The van der Waals surface area contributed by atoms with Gasteiger partial charge in [-0.2, -0.15) is 0 Å². The van der Waals surface area contributed by atoms with E-state index in [4.69, 9.17) is 15.6 Å². The van der Waals surface area contributed by atoms with Gasteiger partial charge in [-0.05, 0) is 20.3 Å². The standard InChI is InChI=1S/C11H22N2O3/c1-8(2)13(4-3-5-14)11(15)9-6-16-7-10(9)12/h8-10,14H,3-7,12H2,1-2H3. The summed E-state index contributed by atoms with van der Waals surface area (Å²) in [6.45, 7) is 5.50. The van der Waals surface area contributed by atoms with Crippen molar-refractivity contribution >= 4 is 5.91 Å². The van der Waals surface area contributed by atoms with Crippen molar-refractivity contribution in [2.45, 2.75) is 32.4 Å². The van der Waals surface area contributed by atoms with Crippen molar-refractivity contribution in [2.24, 2.45) is 11.7 Å². The molecule has 5 heteroatoms. The van der Waals surface area contributed by atoms with Crippen LogP contribution in [0.4, 0.5) is 0 Å². The van der Waals surface area contributed by atoms with Crippen molar-refractivity contribution in [1.29, 1.82) is 0 Å². The van der Waals surface area contributed by atoms with E-state index in [0.717, 1.165) is 0 Å². The fourth-order valence-corrected chi connectivity index (χ4v) is 1.90. The van der Waals surface area contributed by atoms with Crippen LogP contribution in [0.3, 0.4) is 0 Å². The van der Waals surface area contributed by atoms with Gasteiger partial charge >= 0.3 is 0 Å². The molecule has 94 valence electrons. The van der Waals surface area contributed by atoms with E-state index < -0.39 is 0 Å². The molecule has 1 rings (SSSR count). The number of nitrogens with zero attached hydrogens (tertiary/aromatic N) is 1. The van der Waals surface area contributed by atoms with E-state index in [2.05, 4.69) is 0 Å². The summed E-state index contributed by atoms with van der Waals surface area (Å²) in [5.74, 6) is -0.172. The molecule has 1 aliphatic rings. The van der Waals surface area contributed by atoms with Crippen molar-refractivity contribution in [3.8, 4) is 0 Å². The molecule has 1 aliphatic heterocycles. The lowest BCUT2D eigenvalue weighted by molar-refractivity contribution is -0.137. The van der Waals surface area contributed by atoms with Gasteiger partial charge in [0.05, 0.1) is 19.1 Å². The number of rotatable bonds is 5. The highest BCUT2D eigenvalue weighted by atomic mass is 16.5. The molecule has 3 N–H and O–H groups in total. The molecule has 1 fully saturated rings. The first-order valence-corrected chi connectivity index (χ1v) is 5.82. The average molecular weight is 230 g/mol. The fraction of sp³-hybridized carbons (Fsp3) is 0.909. The zero-order valence-electron chi connectivity index (χ0n) is 10.1. The van der Waals surface area contributed by atoms with Crippen LogP contribution in [0.2, 0.25) is 0 Å².